The lowest BCUT2D eigenvalue weighted by Gasteiger charge is -1.99. The third-order valence-electron chi connectivity index (χ3n) is 2.85. The zero-order chi connectivity index (χ0) is 13.3. The molecule has 0 aliphatic rings. The van der Waals surface area contributed by atoms with E-state index in [2.05, 4.69) is 35.1 Å². The molecule has 0 unspecified atom stereocenters. The molecule has 0 fully saturated rings. The first kappa shape index (κ1) is 12.4. The van der Waals surface area contributed by atoms with E-state index < -0.39 is 5.97 Å². The Bertz CT molecular complexity index is 639. The van der Waals surface area contributed by atoms with Crippen molar-refractivity contribution in [3.8, 4) is 0 Å². The Kier molecular flexibility index (Phi) is 3.19. The first-order valence-electron chi connectivity index (χ1n) is 5.77. The molecule has 0 aliphatic carbocycles. The Morgan fingerprint density at radius 3 is 2.72 bits per heavy atom. The molecule has 0 N–H and O–H groups in total. The lowest BCUT2D eigenvalue weighted by atomic mass is 10.1. The van der Waals surface area contributed by atoms with Gasteiger partial charge in [-0.1, -0.05) is 16.8 Å². The number of rotatable bonds is 2. The van der Waals surface area contributed by atoms with Gasteiger partial charge in [-0.05, 0) is 26.0 Å². The normalized spacial score (nSPS) is 11.9. The Morgan fingerprint density at radius 2 is 2.06 bits per heavy atom. The van der Waals surface area contributed by atoms with E-state index in [-0.39, 0.29) is 0 Å². The summed E-state index contributed by atoms with van der Waals surface area (Å²) in [6, 6.07) is 6.26. The van der Waals surface area contributed by atoms with Gasteiger partial charge in [-0.25, -0.2) is 4.79 Å². The lowest BCUT2D eigenvalue weighted by molar-refractivity contribution is -0.140. The average molecular weight is 244 g/mol. The van der Waals surface area contributed by atoms with Crippen LogP contribution in [0.25, 0.3) is 10.9 Å². The van der Waals surface area contributed by atoms with Gasteiger partial charge in [-0.3, -0.25) is 0 Å². The highest BCUT2D eigenvalue weighted by Crippen LogP contribution is 2.22. The summed E-state index contributed by atoms with van der Waals surface area (Å²) in [5.41, 5.74) is 4.00. The van der Waals surface area contributed by atoms with Crippen LogP contribution < -0.4 is 0 Å². The van der Waals surface area contributed by atoms with Gasteiger partial charge < -0.3 is 9.40 Å². The maximum atomic E-state index is 10.8. The summed E-state index contributed by atoms with van der Waals surface area (Å²) in [6.07, 6.45) is 1.99. The maximum Gasteiger partial charge on any atom is 0.331 e. The topological polar surface area (TPSA) is 43.6 Å². The van der Waals surface area contributed by atoms with Crippen LogP contribution in [0.4, 0.5) is 0 Å². The molecule has 0 spiro atoms. The number of nitrogens with zero attached hydrogens (tertiary/aromatic N) is 2. The predicted octanol–water partition coefficient (Wildman–Crippen LogP) is 2.77. The van der Waals surface area contributed by atoms with Crippen LogP contribution >= 0.6 is 0 Å². The molecular formula is C14H16N2O2. The predicted molar refractivity (Wildman–Crippen MR) is 71.6 cm³/mol. The molecule has 0 radical (unpaired) electrons. The van der Waals surface area contributed by atoms with Crippen LogP contribution in [0.2, 0.25) is 0 Å². The molecule has 1 aromatic carbocycles. The highest BCUT2D eigenvalue weighted by atomic mass is 16.7. The van der Waals surface area contributed by atoms with Crippen molar-refractivity contribution < 1.29 is 9.63 Å². The standard InChI is InChI=1S/C14H16N2O2/c1-9-5-6-14-12(7-9)13(8-16(14)4)10(2)15-18-11(3)17/h5-8H,1-4H3/b15-10+. The van der Waals surface area contributed by atoms with Crippen LogP contribution in [-0.4, -0.2) is 16.2 Å². The molecule has 0 amide bonds. The number of oxime groups is 1. The highest BCUT2D eigenvalue weighted by molar-refractivity contribution is 6.09. The summed E-state index contributed by atoms with van der Waals surface area (Å²) < 4.78 is 2.04. The molecule has 0 saturated carbocycles. The molecule has 2 rings (SSSR count). The van der Waals surface area contributed by atoms with Crippen molar-refractivity contribution in [2.24, 2.45) is 12.2 Å². The van der Waals surface area contributed by atoms with E-state index in [1.807, 2.05) is 24.7 Å². The van der Waals surface area contributed by atoms with Gasteiger partial charge in [-0.2, -0.15) is 0 Å². The van der Waals surface area contributed by atoms with E-state index >= 15 is 0 Å². The minimum Gasteiger partial charge on any atom is -0.350 e. The summed E-state index contributed by atoms with van der Waals surface area (Å²) in [7, 11) is 1.99. The number of aryl methyl sites for hydroxylation is 2. The number of aromatic nitrogens is 1. The van der Waals surface area contributed by atoms with Gasteiger partial charge in [0.05, 0.1) is 5.71 Å². The average Bonchev–Trinajstić information content (AvgIpc) is 2.63. The van der Waals surface area contributed by atoms with Crippen molar-refractivity contribution in [3.63, 3.8) is 0 Å². The molecule has 1 aromatic heterocycles. The van der Waals surface area contributed by atoms with Crippen molar-refractivity contribution >= 4 is 22.6 Å². The molecule has 0 aliphatic heterocycles. The van der Waals surface area contributed by atoms with Gasteiger partial charge in [0.15, 0.2) is 0 Å². The molecule has 4 heteroatoms. The Morgan fingerprint density at radius 1 is 1.33 bits per heavy atom. The van der Waals surface area contributed by atoms with E-state index in [1.165, 1.54) is 12.5 Å². The second-order valence-electron chi connectivity index (χ2n) is 4.43. The molecule has 0 bridgehead atoms. The van der Waals surface area contributed by atoms with Crippen LogP contribution in [-0.2, 0) is 16.7 Å². The van der Waals surface area contributed by atoms with Crippen LogP contribution in [0, 0.1) is 6.92 Å². The van der Waals surface area contributed by atoms with Gasteiger partial charge in [-0.15, -0.1) is 0 Å². The molecule has 0 atom stereocenters. The minimum absolute atomic E-state index is 0.411. The van der Waals surface area contributed by atoms with Crippen LogP contribution in [0.3, 0.4) is 0 Å². The summed E-state index contributed by atoms with van der Waals surface area (Å²) in [6.45, 7) is 5.22. The van der Waals surface area contributed by atoms with Gasteiger partial charge in [0.2, 0.25) is 0 Å². The molecule has 0 saturated heterocycles. The Hall–Kier alpha value is -2.10. The van der Waals surface area contributed by atoms with E-state index in [1.54, 1.807) is 0 Å². The van der Waals surface area contributed by atoms with Gasteiger partial charge in [0.1, 0.15) is 0 Å². The molecule has 1 heterocycles. The fourth-order valence-electron chi connectivity index (χ4n) is 1.98. The van der Waals surface area contributed by atoms with Crippen LogP contribution in [0.1, 0.15) is 25.0 Å². The SMILES string of the molecule is CC(=O)O/N=C(\C)c1cn(C)c2ccc(C)cc12. The fraction of sp³-hybridized carbons (Fsp3) is 0.286. The number of benzene rings is 1. The van der Waals surface area contributed by atoms with Crippen molar-refractivity contribution in [1.82, 2.24) is 4.57 Å². The smallest absolute Gasteiger partial charge is 0.331 e. The molecule has 94 valence electrons. The van der Waals surface area contributed by atoms with E-state index in [4.69, 9.17) is 0 Å². The van der Waals surface area contributed by atoms with E-state index in [0.717, 1.165) is 16.5 Å². The third-order valence-corrected chi connectivity index (χ3v) is 2.85. The van der Waals surface area contributed by atoms with Crippen molar-refractivity contribution in [2.75, 3.05) is 0 Å². The van der Waals surface area contributed by atoms with Gasteiger partial charge >= 0.3 is 5.97 Å². The number of fused-ring (bicyclic) bond motifs is 1. The van der Waals surface area contributed by atoms with Gasteiger partial charge in [0, 0.05) is 36.6 Å². The Balaban J connectivity index is 2.54. The molecule has 18 heavy (non-hydrogen) atoms. The van der Waals surface area contributed by atoms with Crippen LogP contribution in [0.15, 0.2) is 29.6 Å². The second-order valence-corrected chi connectivity index (χ2v) is 4.43. The van der Waals surface area contributed by atoms with E-state index in [0.29, 0.717) is 5.71 Å². The molecule has 4 nitrogen and oxygen atoms in total. The van der Waals surface area contributed by atoms with Crippen molar-refractivity contribution in [1.29, 1.82) is 0 Å². The number of carbonyl (C=O) groups is 1. The zero-order valence-corrected chi connectivity index (χ0v) is 11.0. The number of hydrogen-bond acceptors (Lipinski definition) is 3. The molecule has 2 aromatic rings. The zero-order valence-electron chi connectivity index (χ0n) is 11.0. The highest BCUT2D eigenvalue weighted by Gasteiger charge is 2.09. The first-order valence-corrected chi connectivity index (χ1v) is 5.77. The fourth-order valence-corrected chi connectivity index (χ4v) is 1.98. The van der Waals surface area contributed by atoms with Crippen molar-refractivity contribution in [3.05, 3.63) is 35.5 Å². The quantitative estimate of drug-likeness (QED) is 0.463. The largest absolute Gasteiger partial charge is 0.350 e. The van der Waals surface area contributed by atoms with E-state index in [9.17, 15) is 4.79 Å². The van der Waals surface area contributed by atoms with Crippen LogP contribution in [0.5, 0.6) is 0 Å². The Labute approximate surface area is 106 Å². The summed E-state index contributed by atoms with van der Waals surface area (Å²) in [5.74, 6) is -0.411. The second kappa shape index (κ2) is 4.64. The number of carbonyl (C=O) groups excluding carboxylic acids is 1. The minimum atomic E-state index is -0.411. The third kappa shape index (κ3) is 2.27. The summed E-state index contributed by atoms with van der Waals surface area (Å²) >= 11 is 0. The molecular weight excluding hydrogens is 228 g/mol. The monoisotopic (exact) mass is 244 g/mol. The summed E-state index contributed by atoms with van der Waals surface area (Å²) in [5, 5.41) is 4.96. The first-order chi connectivity index (χ1) is 8.49. The summed E-state index contributed by atoms with van der Waals surface area (Å²) in [4.78, 5) is 15.5. The maximum absolute atomic E-state index is 10.8. The van der Waals surface area contributed by atoms with Gasteiger partial charge in [0.25, 0.3) is 0 Å². The van der Waals surface area contributed by atoms with Crippen molar-refractivity contribution in [2.45, 2.75) is 20.8 Å². The number of hydrogen-bond donors (Lipinski definition) is 0. The lowest BCUT2D eigenvalue weighted by Crippen LogP contribution is -1.98.